The van der Waals surface area contributed by atoms with Gasteiger partial charge in [-0.2, -0.15) is 0 Å². The summed E-state index contributed by atoms with van der Waals surface area (Å²) >= 11 is 0. The highest BCUT2D eigenvalue weighted by Gasteiger charge is 2.25. The first-order valence-electron chi connectivity index (χ1n) is 6.13. The Morgan fingerprint density at radius 2 is 2.16 bits per heavy atom. The third-order valence-electron chi connectivity index (χ3n) is 3.34. The van der Waals surface area contributed by atoms with E-state index in [9.17, 15) is 4.79 Å². The van der Waals surface area contributed by atoms with Crippen molar-refractivity contribution in [1.29, 1.82) is 0 Å². The lowest BCUT2D eigenvalue weighted by Crippen LogP contribution is -2.28. The summed E-state index contributed by atoms with van der Waals surface area (Å²) in [7, 11) is 0. The number of carbonyl (C=O) groups excluding carboxylic acids is 1. The number of aromatic nitrogens is 1. The first kappa shape index (κ1) is 18.2. The molecule has 2 rings (SSSR count). The fourth-order valence-electron chi connectivity index (χ4n) is 2.29. The van der Waals surface area contributed by atoms with Gasteiger partial charge in [0.05, 0.1) is 0 Å². The van der Waals surface area contributed by atoms with Crippen LogP contribution in [-0.2, 0) is 4.79 Å². The van der Waals surface area contributed by atoms with Gasteiger partial charge in [-0.25, -0.2) is 4.98 Å². The molecule has 19 heavy (non-hydrogen) atoms. The number of nitrogens with one attached hydrogen (secondary N) is 1. The minimum Gasteiger partial charge on any atom is -0.327 e. The molecule has 2 atom stereocenters. The minimum atomic E-state index is 0. The smallest absolute Gasteiger partial charge is 0.225 e. The number of rotatable bonds is 3. The van der Waals surface area contributed by atoms with Crippen LogP contribution in [0.25, 0.3) is 0 Å². The Balaban J connectivity index is 0.00000162. The summed E-state index contributed by atoms with van der Waals surface area (Å²) in [5.74, 6) is 0.969. The van der Waals surface area contributed by atoms with Gasteiger partial charge >= 0.3 is 0 Å². The van der Waals surface area contributed by atoms with Crippen LogP contribution in [0.3, 0.4) is 0 Å². The van der Waals surface area contributed by atoms with Gasteiger partial charge in [-0.15, -0.1) is 24.8 Å². The molecule has 1 aromatic rings. The maximum atomic E-state index is 11.8. The molecule has 0 spiro atoms. The van der Waals surface area contributed by atoms with Crippen LogP contribution in [0.15, 0.2) is 18.3 Å². The number of carbonyl (C=O) groups is 1. The van der Waals surface area contributed by atoms with E-state index in [0.29, 0.717) is 18.2 Å². The predicted molar refractivity (Wildman–Crippen MR) is 82.0 cm³/mol. The molecule has 0 aromatic carbocycles. The lowest BCUT2D eigenvalue weighted by Gasteiger charge is -2.14. The van der Waals surface area contributed by atoms with Crippen molar-refractivity contribution in [2.24, 2.45) is 11.7 Å². The van der Waals surface area contributed by atoms with E-state index in [1.54, 1.807) is 6.20 Å². The fraction of sp³-hybridized carbons (Fsp3) is 0.538. The van der Waals surface area contributed by atoms with Crippen LogP contribution in [0.2, 0.25) is 0 Å². The van der Waals surface area contributed by atoms with Crippen LogP contribution in [0.5, 0.6) is 0 Å². The molecule has 108 valence electrons. The molecule has 1 saturated carbocycles. The van der Waals surface area contributed by atoms with Crippen molar-refractivity contribution in [3.8, 4) is 0 Å². The molecule has 1 aliphatic rings. The molecule has 0 saturated heterocycles. The van der Waals surface area contributed by atoms with Crippen molar-refractivity contribution in [1.82, 2.24) is 4.98 Å². The molecule has 1 aromatic heterocycles. The van der Waals surface area contributed by atoms with E-state index in [0.717, 1.165) is 24.8 Å². The van der Waals surface area contributed by atoms with Gasteiger partial charge < -0.3 is 11.1 Å². The van der Waals surface area contributed by atoms with Crippen LogP contribution in [-0.4, -0.2) is 16.9 Å². The number of hydrogen-bond donors (Lipinski definition) is 2. The Labute approximate surface area is 126 Å². The largest absolute Gasteiger partial charge is 0.327 e. The Bertz CT molecular complexity index is 397. The van der Waals surface area contributed by atoms with Crippen molar-refractivity contribution < 1.29 is 4.79 Å². The van der Waals surface area contributed by atoms with Gasteiger partial charge in [0.1, 0.15) is 5.82 Å². The molecule has 3 N–H and O–H groups in total. The third kappa shape index (κ3) is 5.35. The van der Waals surface area contributed by atoms with Crippen molar-refractivity contribution >= 4 is 36.5 Å². The maximum absolute atomic E-state index is 11.8. The highest BCUT2D eigenvalue weighted by atomic mass is 35.5. The third-order valence-corrected chi connectivity index (χ3v) is 3.34. The molecule has 1 fully saturated rings. The van der Waals surface area contributed by atoms with Gasteiger partial charge in [0.25, 0.3) is 0 Å². The van der Waals surface area contributed by atoms with Crippen molar-refractivity contribution in [2.45, 2.75) is 38.6 Å². The number of aryl methyl sites for hydroxylation is 1. The van der Waals surface area contributed by atoms with E-state index in [2.05, 4.69) is 10.3 Å². The second-order valence-corrected chi connectivity index (χ2v) is 4.83. The summed E-state index contributed by atoms with van der Waals surface area (Å²) in [5.41, 5.74) is 7.03. The van der Waals surface area contributed by atoms with Gasteiger partial charge in [-0.1, -0.05) is 12.5 Å². The second-order valence-electron chi connectivity index (χ2n) is 4.83. The lowest BCUT2D eigenvalue weighted by molar-refractivity contribution is -0.117. The molecule has 6 heteroatoms. The first-order valence-corrected chi connectivity index (χ1v) is 6.13. The summed E-state index contributed by atoms with van der Waals surface area (Å²) in [5, 5.41) is 2.81. The zero-order valence-electron chi connectivity index (χ0n) is 11.0. The van der Waals surface area contributed by atoms with Crippen LogP contribution in [0.4, 0.5) is 5.82 Å². The Morgan fingerprint density at radius 1 is 1.42 bits per heavy atom. The topological polar surface area (TPSA) is 68.0 Å². The molecule has 1 aliphatic carbocycles. The number of amides is 1. The molecular formula is C13H21Cl2N3O. The van der Waals surface area contributed by atoms with Gasteiger partial charge in [0, 0.05) is 18.7 Å². The molecule has 0 radical (unpaired) electrons. The van der Waals surface area contributed by atoms with E-state index < -0.39 is 0 Å². The summed E-state index contributed by atoms with van der Waals surface area (Å²) in [6, 6.07) is 3.94. The lowest BCUT2D eigenvalue weighted by atomic mass is 10.00. The molecule has 0 unspecified atom stereocenters. The molecule has 1 heterocycles. The van der Waals surface area contributed by atoms with Gasteiger partial charge in [0.15, 0.2) is 0 Å². The standard InChI is InChI=1S/C13H19N3O.2ClH/c1-9-5-6-12(15-8-9)16-13(17)7-10-3-2-4-11(10)14;;/h5-6,8,10-11H,2-4,7,14H2,1H3,(H,15,16,17);2*1H/t10-,11+;;/m0../s1. The number of halogens is 2. The average molecular weight is 306 g/mol. The molecule has 0 aliphatic heterocycles. The summed E-state index contributed by atoms with van der Waals surface area (Å²) in [4.78, 5) is 15.9. The SMILES string of the molecule is Cc1ccc(NC(=O)C[C@@H]2CCC[C@H]2N)nc1.Cl.Cl. The van der Waals surface area contributed by atoms with E-state index >= 15 is 0 Å². The first-order chi connectivity index (χ1) is 8.15. The molecule has 1 amide bonds. The highest BCUT2D eigenvalue weighted by Crippen LogP contribution is 2.26. The Morgan fingerprint density at radius 3 is 2.68 bits per heavy atom. The number of pyridine rings is 1. The zero-order valence-corrected chi connectivity index (χ0v) is 12.6. The van der Waals surface area contributed by atoms with Crippen LogP contribution >= 0.6 is 24.8 Å². The zero-order chi connectivity index (χ0) is 12.3. The fourth-order valence-corrected chi connectivity index (χ4v) is 2.29. The van der Waals surface area contributed by atoms with E-state index in [1.165, 1.54) is 0 Å². The summed E-state index contributed by atoms with van der Waals surface area (Å²) < 4.78 is 0. The molecular weight excluding hydrogens is 285 g/mol. The quantitative estimate of drug-likeness (QED) is 0.902. The van der Waals surface area contributed by atoms with Crippen LogP contribution in [0.1, 0.15) is 31.2 Å². The highest BCUT2D eigenvalue weighted by molar-refractivity contribution is 5.89. The number of nitrogens with two attached hydrogens (primary N) is 1. The summed E-state index contributed by atoms with van der Waals surface area (Å²) in [6.07, 6.45) is 5.51. The summed E-state index contributed by atoms with van der Waals surface area (Å²) in [6.45, 7) is 1.97. The van der Waals surface area contributed by atoms with Crippen molar-refractivity contribution in [3.05, 3.63) is 23.9 Å². The van der Waals surface area contributed by atoms with Crippen molar-refractivity contribution in [2.75, 3.05) is 5.32 Å². The number of hydrogen-bond acceptors (Lipinski definition) is 3. The van der Waals surface area contributed by atoms with Gasteiger partial charge in [-0.05, 0) is 37.3 Å². The predicted octanol–water partition coefficient (Wildman–Crippen LogP) is 2.69. The number of nitrogens with zero attached hydrogens (tertiary/aromatic N) is 1. The molecule has 0 bridgehead atoms. The van der Waals surface area contributed by atoms with E-state index in [1.807, 2.05) is 19.1 Å². The minimum absolute atomic E-state index is 0. The van der Waals surface area contributed by atoms with Crippen LogP contribution < -0.4 is 11.1 Å². The van der Waals surface area contributed by atoms with E-state index in [-0.39, 0.29) is 36.8 Å². The Hall–Kier alpha value is -0.840. The van der Waals surface area contributed by atoms with Gasteiger partial charge in [0.2, 0.25) is 5.91 Å². The van der Waals surface area contributed by atoms with Gasteiger partial charge in [-0.3, -0.25) is 4.79 Å². The average Bonchev–Trinajstić information content (AvgIpc) is 2.68. The number of anilines is 1. The van der Waals surface area contributed by atoms with Crippen LogP contribution in [0, 0.1) is 12.8 Å². The van der Waals surface area contributed by atoms with Crippen molar-refractivity contribution in [3.63, 3.8) is 0 Å². The maximum Gasteiger partial charge on any atom is 0.225 e. The normalized spacial score (nSPS) is 21.2. The van der Waals surface area contributed by atoms with E-state index in [4.69, 9.17) is 5.73 Å². The second kappa shape index (κ2) is 8.35. The Kier molecular flexibility index (Phi) is 7.99. The molecule has 4 nitrogen and oxygen atoms in total. The monoisotopic (exact) mass is 305 g/mol.